The van der Waals surface area contributed by atoms with Crippen LogP contribution in [-0.2, 0) is 0 Å². The highest BCUT2D eigenvalue weighted by molar-refractivity contribution is 9.10. The molecule has 29 heavy (non-hydrogen) atoms. The summed E-state index contributed by atoms with van der Waals surface area (Å²) >= 11 is 3.47. The summed E-state index contributed by atoms with van der Waals surface area (Å²) in [5.41, 5.74) is 1.56. The number of methoxy groups -OCH3 is 4. The van der Waals surface area contributed by atoms with E-state index in [0.717, 1.165) is 15.9 Å². The van der Waals surface area contributed by atoms with E-state index in [0.29, 0.717) is 34.7 Å². The van der Waals surface area contributed by atoms with Crippen molar-refractivity contribution in [3.63, 3.8) is 0 Å². The molecule has 0 bridgehead atoms. The summed E-state index contributed by atoms with van der Waals surface area (Å²) in [6, 6.07) is 11.1. The number of nitrogens with one attached hydrogen (secondary N) is 2. The Hall–Kier alpha value is -3.20. The molecule has 0 aliphatic heterocycles. The molecule has 2 aromatic carbocycles. The predicted octanol–water partition coefficient (Wildman–Crippen LogP) is 4.76. The van der Waals surface area contributed by atoms with Gasteiger partial charge >= 0.3 is 0 Å². The van der Waals surface area contributed by atoms with Crippen LogP contribution in [0.15, 0.2) is 47.1 Å². The molecule has 9 heteroatoms. The third kappa shape index (κ3) is 4.80. The second-order valence-electron chi connectivity index (χ2n) is 5.78. The van der Waals surface area contributed by atoms with E-state index >= 15 is 0 Å². The second kappa shape index (κ2) is 9.33. The molecule has 2 N–H and O–H groups in total. The van der Waals surface area contributed by atoms with E-state index < -0.39 is 0 Å². The Kier molecular flexibility index (Phi) is 6.61. The molecule has 0 radical (unpaired) electrons. The molecule has 0 saturated heterocycles. The Morgan fingerprint density at radius 2 is 1.45 bits per heavy atom. The number of anilines is 4. The van der Waals surface area contributed by atoms with Crippen LogP contribution in [0.4, 0.5) is 23.1 Å². The average Bonchev–Trinajstić information content (AvgIpc) is 2.75. The topological polar surface area (TPSA) is 86.8 Å². The Morgan fingerprint density at radius 1 is 0.793 bits per heavy atom. The predicted molar refractivity (Wildman–Crippen MR) is 115 cm³/mol. The summed E-state index contributed by atoms with van der Waals surface area (Å²) in [5, 5.41) is 6.41. The molecule has 0 aliphatic rings. The van der Waals surface area contributed by atoms with Crippen molar-refractivity contribution < 1.29 is 18.9 Å². The van der Waals surface area contributed by atoms with Gasteiger partial charge < -0.3 is 29.6 Å². The van der Waals surface area contributed by atoms with Crippen molar-refractivity contribution in [3.05, 3.63) is 47.1 Å². The number of hydrogen-bond donors (Lipinski definition) is 2. The monoisotopic (exact) mass is 460 g/mol. The maximum Gasteiger partial charge on any atom is 0.229 e. The second-order valence-corrected chi connectivity index (χ2v) is 6.64. The van der Waals surface area contributed by atoms with Crippen LogP contribution in [0.1, 0.15) is 0 Å². The van der Waals surface area contributed by atoms with Crippen LogP contribution in [0.5, 0.6) is 23.0 Å². The lowest BCUT2D eigenvalue weighted by atomic mass is 10.2. The van der Waals surface area contributed by atoms with Gasteiger partial charge in [-0.2, -0.15) is 4.98 Å². The Bertz CT molecular complexity index is 958. The van der Waals surface area contributed by atoms with Gasteiger partial charge in [-0.1, -0.05) is 0 Å². The number of halogens is 1. The van der Waals surface area contributed by atoms with E-state index in [4.69, 9.17) is 18.9 Å². The molecule has 0 aliphatic carbocycles. The molecule has 0 unspecified atom stereocenters. The molecule has 152 valence electrons. The van der Waals surface area contributed by atoms with E-state index in [1.54, 1.807) is 46.8 Å². The first kappa shape index (κ1) is 20.5. The smallest absolute Gasteiger partial charge is 0.229 e. The summed E-state index contributed by atoms with van der Waals surface area (Å²) in [6.45, 7) is 0. The zero-order valence-corrected chi connectivity index (χ0v) is 18.0. The third-order valence-corrected chi connectivity index (χ3v) is 4.60. The zero-order valence-electron chi connectivity index (χ0n) is 16.4. The van der Waals surface area contributed by atoms with Crippen LogP contribution in [0.2, 0.25) is 0 Å². The lowest BCUT2D eigenvalue weighted by Crippen LogP contribution is -2.03. The molecule has 0 saturated carbocycles. The largest absolute Gasteiger partial charge is 0.497 e. The number of benzene rings is 2. The molecule has 0 fully saturated rings. The highest BCUT2D eigenvalue weighted by atomic mass is 79.9. The van der Waals surface area contributed by atoms with Gasteiger partial charge in [0.15, 0.2) is 11.5 Å². The number of ether oxygens (including phenoxy) is 4. The fraction of sp³-hybridized carbons (Fsp3) is 0.200. The van der Waals surface area contributed by atoms with Crippen molar-refractivity contribution in [1.82, 2.24) is 9.97 Å². The van der Waals surface area contributed by atoms with Gasteiger partial charge in [-0.15, -0.1) is 0 Å². The summed E-state index contributed by atoms with van der Waals surface area (Å²) in [4.78, 5) is 8.85. The normalized spacial score (nSPS) is 10.2. The van der Waals surface area contributed by atoms with Gasteiger partial charge in [0, 0.05) is 29.7 Å². The van der Waals surface area contributed by atoms with Gasteiger partial charge in [-0.05, 0) is 40.2 Å². The molecule has 1 heterocycles. The van der Waals surface area contributed by atoms with Gasteiger partial charge in [0.1, 0.15) is 11.6 Å². The van der Waals surface area contributed by atoms with Crippen LogP contribution in [0, 0.1) is 0 Å². The molecular formula is C20H21BrN4O4. The Balaban J connectivity index is 1.86. The van der Waals surface area contributed by atoms with Crippen LogP contribution in [0.3, 0.4) is 0 Å². The van der Waals surface area contributed by atoms with E-state index in [2.05, 4.69) is 36.5 Å². The maximum absolute atomic E-state index is 5.38. The van der Waals surface area contributed by atoms with Crippen molar-refractivity contribution in [2.45, 2.75) is 0 Å². The van der Waals surface area contributed by atoms with Gasteiger partial charge in [-0.3, -0.25) is 0 Å². The molecule has 0 atom stereocenters. The van der Waals surface area contributed by atoms with Gasteiger partial charge in [0.25, 0.3) is 0 Å². The van der Waals surface area contributed by atoms with Crippen molar-refractivity contribution in [2.24, 2.45) is 0 Å². The fourth-order valence-electron chi connectivity index (χ4n) is 2.61. The molecule has 1 aromatic heterocycles. The average molecular weight is 461 g/mol. The summed E-state index contributed by atoms with van der Waals surface area (Å²) in [5.74, 6) is 3.37. The standard InChI is InChI=1S/C20H21BrN4O4/c1-26-14-7-5-12(6-8-14)23-19-15(21)11-22-20(25-19)24-13-9-16(27-2)18(29-4)17(10-13)28-3/h5-11H,1-4H3,(H2,22,23,24,25). The van der Waals surface area contributed by atoms with E-state index in [9.17, 15) is 0 Å². The minimum Gasteiger partial charge on any atom is -0.497 e. The fourth-order valence-corrected chi connectivity index (χ4v) is 2.90. The van der Waals surface area contributed by atoms with Crippen molar-refractivity contribution in [2.75, 3.05) is 39.1 Å². The van der Waals surface area contributed by atoms with Gasteiger partial charge in [0.05, 0.1) is 32.9 Å². The third-order valence-electron chi connectivity index (χ3n) is 4.02. The Morgan fingerprint density at radius 3 is 2.00 bits per heavy atom. The van der Waals surface area contributed by atoms with E-state index in [1.807, 2.05) is 24.3 Å². The minimum absolute atomic E-state index is 0.401. The summed E-state index contributed by atoms with van der Waals surface area (Å²) in [7, 11) is 6.31. The van der Waals surface area contributed by atoms with Crippen molar-refractivity contribution in [1.29, 1.82) is 0 Å². The highest BCUT2D eigenvalue weighted by Crippen LogP contribution is 2.40. The first-order valence-electron chi connectivity index (χ1n) is 8.58. The number of hydrogen-bond acceptors (Lipinski definition) is 8. The molecule has 3 aromatic rings. The number of aromatic nitrogens is 2. The first-order chi connectivity index (χ1) is 14.1. The SMILES string of the molecule is COc1ccc(Nc2nc(Nc3cc(OC)c(OC)c(OC)c3)ncc2Br)cc1. The molecule has 3 rings (SSSR count). The van der Waals surface area contributed by atoms with Crippen LogP contribution in [-0.4, -0.2) is 38.4 Å². The number of nitrogens with zero attached hydrogens (tertiary/aromatic N) is 2. The zero-order chi connectivity index (χ0) is 20.8. The van der Waals surface area contributed by atoms with Crippen LogP contribution >= 0.6 is 15.9 Å². The summed E-state index contributed by atoms with van der Waals surface area (Å²) in [6.07, 6.45) is 1.67. The van der Waals surface area contributed by atoms with Crippen LogP contribution < -0.4 is 29.6 Å². The van der Waals surface area contributed by atoms with Crippen molar-refractivity contribution >= 4 is 39.1 Å². The lowest BCUT2D eigenvalue weighted by Gasteiger charge is -2.15. The molecular weight excluding hydrogens is 440 g/mol. The maximum atomic E-state index is 5.38. The first-order valence-corrected chi connectivity index (χ1v) is 9.38. The van der Waals surface area contributed by atoms with E-state index in [1.165, 1.54) is 0 Å². The minimum atomic E-state index is 0.401. The van der Waals surface area contributed by atoms with E-state index in [-0.39, 0.29) is 0 Å². The highest BCUT2D eigenvalue weighted by Gasteiger charge is 2.14. The van der Waals surface area contributed by atoms with Gasteiger partial charge in [-0.25, -0.2) is 4.98 Å². The van der Waals surface area contributed by atoms with Crippen LogP contribution in [0.25, 0.3) is 0 Å². The number of rotatable bonds is 8. The molecule has 0 amide bonds. The quantitative estimate of drug-likeness (QED) is 0.497. The molecule has 0 spiro atoms. The Labute approximate surface area is 177 Å². The lowest BCUT2D eigenvalue weighted by molar-refractivity contribution is 0.324. The molecule has 8 nitrogen and oxygen atoms in total. The summed E-state index contributed by atoms with van der Waals surface area (Å²) < 4.78 is 22.0. The van der Waals surface area contributed by atoms with Crippen molar-refractivity contribution in [3.8, 4) is 23.0 Å². The van der Waals surface area contributed by atoms with Gasteiger partial charge in [0.2, 0.25) is 11.7 Å².